The van der Waals surface area contributed by atoms with E-state index >= 15 is 0 Å². The maximum atomic E-state index is 9.88. The van der Waals surface area contributed by atoms with E-state index in [1.54, 1.807) is 11.4 Å². The molecule has 6 heteroatoms. The van der Waals surface area contributed by atoms with Crippen LogP contribution in [0.25, 0.3) is 0 Å². The minimum atomic E-state index is -0.398. The number of alkyl halides is 2. The van der Waals surface area contributed by atoms with Crippen molar-refractivity contribution in [1.82, 2.24) is 0 Å². The predicted molar refractivity (Wildman–Crippen MR) is 58.6 cm³/mol. The van der Waals surface area contributed by atoms with Crippen molar-refractivity contribution in [2.45, 2.75) is 0 Å². The Morgan fingerprint density at radius 1 is 1.50 bits per heavy atom. The number of halogens is 2. The van der Waals surface area contributed by atoms with Gasteiger partial charge in [0.15, 0.2) is 0 Å². The van der Waals surface area contributed by atoms with Crippen molar-refractivity contribution in [2.75, 3.05) is 10.7 Å². The molecular weight excluding hydrogens is 310 g/mol. The molecule has 0 aliphatic rings. The van der Waals surface area contributed by atoms with E-state index in [4.69, 9.17) is 0 Å². The Morgan fingerprint density at radius 2 is 2.08 bits per heavy atom. The van der Waals surface area contributed by atoms with Crippen molar-refractivity contribution in [3.8, 4) is 0 Å². The topological polar surface area (TPSA) is 43.1 Å². The molecule has 0 atom stereocenters. The van der Waals surface area contributed by atoms with Crippen LogP contribution in [0.2, 0.25) is 0 Å². The van der Waals surface area contributed by atoms with Gasteiger partial charge in [0.1, 0.15) is 0 Å². The third-order valence-corrected chi connectivity index (χ3v) is 3.43. The number of thiophene rings is 1. The zero-order valence-electron chi connectivity index (χ0n) is 6.07. The average Bonchev–Trinajstić information content (AvgIpc) is 2.57. The van der Waals surface area contributed by atoms with Crippen LogP contribution in [0.1, 0.15) is 0 Å². The Balaban J connectivity index is 0.000000261. The van der Waals surface area contributed by atoms with Crippen LogP contribution in [0.15, 0.2) is 17.5 Å². The van der Waals surface area contributed by atoms with Crippen molar-refractivity contribution in [3.63, 3.8) is 0 Å². The second kappa shape index (κ2) is 7.70. The summed E-state index contributed by atoms with van der Waals surface area (Å²) in [6, 6.07) is 3.13. The van der Waals surface area contributed by atoms with Crippen molar-refractivity contribution in [2.24, 2.45) is 0 Å². The minimum Gasteiger partial charge on any atom is -0.258 e. The molecule has 1 heterocycles. The fourth-order valence-corrected chi connectivity index (χ4v) is 0.914. The molecule has 0 aromatic carbocycles. The standard InChI is InChI=1S/C4H3NO2S.C2H4Br2/c6-5(7)4-2-1-3-8-4;3-1-2-4/h1-3H;1-2H2. The van der Waals surface area contributed by atoms with E-state index in [-0.39, 0.29) is 5.00 Å². The lowest BCUT2D eigenvalue weighted by atomic mass is 10.6. The number of nitrogens with zero attached hydrogens (tertiary/aromatic N) is 1. The van der Waals surface area contributed by atoms with E-state index in [2.05, 4.69) is 31.9 Å². The fourth-order valence-electron chi connectivity index (χ4n) is 0.374. The largest absolute Gasteiger partial charge is 0.324 e. The highest BCUT2D eigenvalue weighted by atomic mass is 79.9. The molecule has 12 heavy (non-hydrogen) atoms. The van der Waals surface area contributed by atoms with Crippen molar-refractivity contribution in [1.29, 1.82) is 0 Å². The van der Waals surface area contributed by atoms with Crippen LogP contribution in [0.4, 0.5) is 5.00 Å². The summed E-state index contributed by atoms with van der Waals surface area (Å²) >= 11 is 7.53. The maximum Gasteiger partial charge on any atom is 0.324 e. The van der Waals surface area contributed by atoms with Gasteiger partial charge in [0, 0.05) is 16.7 Å². The third kappa shape index (κ3) is 5.68. The molecule has 0 N–H and O–H groups in total. The van der Waals surface area contributed by atoms with E-state index < -0.39 is 4.92 Å². The first-order valence-electron chi connectivity index (χ1n) is 3.02. The second-order valence-corrected chi connectivity index (χ2v) is 4.10. The van der Waals surface area contributed by atoms with Gasteiger partial charge in [0.05, 0.1) is 4.92 Å². The highest BCUT2D eigenvalue weighted by Crippen LogP contribution is 2.16. The number of rotatable bonds is 2. The molecule has 1 aromatic heterocycles. The van der Waals surface area contributed by atoms with E-state index in [1.807, 2.05) is 0 Å². The molecule has 0 aliphatic heterocycles. The molecule has 0 spiro atoms. The zero-order valence-corrected chi connectivity index (χ0v) is 10.1. The summed E-state index contributed by atoms with van der Waals surface area (Å²) in [6.45, 7) is 0. The third-order valence-electron chi connectivity index (χ3n) is 0.758. The lowest BCUT2D eigenvalue weighted by Crippen LogP contribution is -1.80. The molecule has 0 saturated carbocycles. The highest BCUT2D eigenvalue weighted by Gasteiger charge is 2.01. The predicted octanol–water partition coefficient (Wildman–Crippen LogP) is 3.43. The summed E-state index contributed by atoms with van der Waals surface area (Å²) in [5.41, 5.74) is 0. The lowest BCUT2D eigenvalue weighted by Gasteiger charge is -1.76. The van der Waals surface area contributed by atoms with Crippen molar-refractivity contribution in [3.05, 3.63) is 27.6 Å². The van der Waals surface area contributed by atoms with Gasteiger partial charge in [-0.3, -0.25) is 10.1 Å². The molecule has 68 valence electrons. The Labute approximate surface area is 91.2 Å². The monoisotopic (exact) mass is 315 g/mol. The Morgan fingerprint density at radius 3 is 2.25 bits per heavy atom. The first-order chi connectivity index (χ1) is 5.72. The highest BCUT2D eigenvalue weighted by molar-refractivity contribution is 9.11. The van der Waals surface area contributed by atoms with Gasteiger partial charge < -0.3 is 0 Å². The van der Waals surface area contributed by atoms with E-state index in [0.717, 1.165) is 22.0 Å². The molecule has 1 aromatic rings. The molecular formula is C6H7Br2NO2S. The zero-order chi connectivity index (χ0) is 9.40. The van der Waals surface area contributed by atoms with Crippen LogP contribution in [-0.2, 0) is 0 Å². The summed E-state index contributed by atoms with van der Waals surface area (Å²) in [6.07, 6.45) is 0. The molecule has 0 unspecified atom stereocenters. The van der Waals surface area contributed by atoms with Crippen LogP contribution in [0.3, 0.4) is 0 Å². The Bertz CT molecular complexity index is 213. The van der Waals surface area contributed by atoms with Gasteiger partial charge in [0.25, 0.3) is 0 Å². The first kappa shape index (κ1) is 12.1. The van der Waals surface area contributed by atoms with Crippen LogP contribution in [0.5, 0.6) is 0 Å². The van der Waals surface area contributed by atoms with Crippen molar-refractivity contribution >= 4 is 48.2 Å². The molecule has 0 aliphatic carbocycles. The summed E-state index contributed by atoms with van der Waals surface area (Å²) < 4.78 is 0. The van der Waals surface area contributed by atoms with Gasteiger partial charge in [-0.15, -0.1) is 0 Å². The van der Waals surface area contributed by atoms with Crippen LogP contribution < -0.4 is 0 Å². The SMILES string of the molecule is BrCCBr.O=[N+]([O-])c1cccs1. The molecule has 0 radical (unpaired) electrons. The van der Waals surface area contributed by atoms with Gasteiger partial charge in [-0.05, 0) is 11.4 Å². The molecule has 0 bridgehead atoms. The van der Waals surface area contributed by atoms with Crippen LogP contribution >= 0.6 is 43.2 Å². The summed E-state index contributed by atoms with van der Waals surface area (Å²) in [5.74, 6) is 0. The second-order valence-electron chi connectivity index (χ2n) is 1.59. The number of hydrogen-bond donors (Lipinski definition) is 0. The quantitative estimate of drug-likeness (QED) is 0.476. The van der Waals surface area contributed by atoms with Crippen LogP contribution in [0, 0.1) is 10.1 Å². The summed E-state index contributed by atoms with van der Waals surface area (Å²) in [5, 5.41) is 13.9. The normalized spacial score (nSPS) is 8.50. The molecule has 1 rings (SSSR count). The first-order valence-corrected chi connectivity index (χ1v) is 6.14. The fraction of sp³-hybridized carbons (Fsp3) is 0.333. The van der Waals surface area contributed by atoms with Gasteiger partial charge in [-0.1, -0.05) is 43.2 Å². The van der Waals surface area contributed by atoms with Gasteiger partial charge >= 0.3 is 5.00 Å². The van der Waals surface area contributed by atoms with E-state index in [9.17, 15) is 10.1 Å². The van der Waals surface area contributed by atoms with Crippen LogP contribution in [-0.4, -0.2) is 15.6 Å². The Kier molecular flexibility index (Phi) is 7.73. The van der Waals surface area contributed by atoms with Gasteiger partial charge in [-0.2, -0.15) is 0 Å². The average molecular weight is 317 g/mol. The lowest BCUT2D eigenvalue weighted by molar-refractivity contribution is -0.380. The maximum absolute atomic E-state index is 9.88. The smallest absolute Gasteiger partial charge is 0.258 e. The molecule has 0 amide bonds. The molecule has 0 fully saturated rings. The summed E-state index contributed by atoms with van der Waals surface area (Å²) in [4.78, 5) is 9.48. The van der Waals surface area contributed by atoms with Gasteiger partial charge in [-0.25, -0.2) is 0 Å². The molecule has 3 nitrogen and oxygen atoms in total. The minimum absolute atomic E-state index is 0.199. The summed E-state index contributed by atoms with van der Waals surface area (Å²) in [7, 11) is 0. The van der Waals surface area contributed by atoms with E-state index in [0.29, 0.717) is 0 Å². The van der Waals surface area contributed by atoms with Gasteiger partial charge in [0.2, 0.25) is 0 Å². The Hall–Kier alpha value is 0.0600. The van der Waals surface area contributed by atoms with Crippen molar-refractivity contribution < 1.29 is 4.92 Å². The molecule has 0 saturated heterocycles. The van der Waals surface area contributed by atoms with E-state index in [1.165, 1.54) is 6.07 Å². The number of hydrogen-bond acceptors (Lipinski definition) is 3. The number of nitro groups is 1.